The first-order chi connectivity index (χ1) is 4.74. The fourth-order valence-corrected chi connectivity index (χ4v) is 1.36. The van der Waals surface area contributed by atoms with E-state index in [4.69, 9.17) is 4.74 Å². The van der Waals surface area contributed by atoms with Gasteiger partial charge in [-0.3, -0.25) is 0 Å². The number of methoxy groups -OCH3 is 1. The van der Waals surface area contributed by atoms with E-state index >= 15 is 0 Å². The quantitative estimate of drug-likeness (QED) is 0.657. The number of aromatic nitrogens is 1. The molecule has 0 fully saturated rings. The van der Waals surface area contributed by atoms with Gasteiger partial charge in [-0.1, -0.05) is 25.2 Å². The van der Waals surface area contributed by atoms with Crippen molar-refractivity contribution in [2.45, 2.75) is 19.8 Å². The van der Waals surface area contributed by atoms with Crippen LogP contribution >= 0.6 is 11.3 Å². The standard InChI is InChI=1S/C7H11NOS/c1-5(2)6-4-8-7(9-3)10-6/h4-5H,1-3H3. The Bertz CT molecular complexity index is 207. The summed E-state index contributed by atoms with van der Waals surface area (Å²) in [5.41, 5.74) is 0. The van der Waals surface area contributed by atoms with Crippen LogP contribution in [0.2, 0.25) is 0 Å². The zero-order chi connectivity index (χ0) is 7.56. The van der Waals surface area contributed by atoms with Crippen molar-refractivity contribution < 1.29 is 4.74 Å². The predicted molar refractivity (Wildman–Crippen MR) is 42.8 cm³/mol. The highest BCUT2D eigenvalue weighted by molar-refractivity contribution is 7.13. The van der Waals surface area contributed by atoms with Gasteiger partial charge in [-0.05, 0) is 5.92 Å². The van der Waals surface area contributed by atoms with Gasteiger partial charge in [0.15, 0.2) is 0 Å². The molecule has 0 saturated carbocycles. The molecule has 0 N–H and O–H groups in total. The van der Waals surface area contributed by atoms with Crippen LogP contribution in [0.25, 0.3) is 0 Å². The SMILES string of the molecule is COc1ncc(C(C)C)s1. The average Bonchev–Trinajstić information content (AvgIpc) is 2.34. The molecule has 1 aromatic heterocycles. The monoisotopic (exact) mass is 157 g/mol. The molecule has 2 nitrogen and oxygen atoms in total. The maximum absolute atomic E-state index is 4.95. The van der Waals surface area contributed by atoms with E-state index in [-0.39, 0.29) is 0 Å². The number of nitrogens with zero attached hydrogens (tertiary/aromatic N) is 1. The minimum absolute atomic E-state index is 0.557. The Morgan fingerprint density at radius 2 is 2.30 bits per heavy atom. The lowest BCUT2D eigenvalue weighted by molar-refractivity contribution is 0.412. The number of ether oxygens (including phenoxy) is 1. The lowest BCUT2D eigenvalue weighted by Gasteiger charge is -1.95. The summed E-state index contributed by atoms with van der Waals surface area (Å²) in [6.07, 6.45) is 1.87. The summed E-state index contributed by atoms with van der Waals surface area (Å²) in [5.74, 6) is 0.557. The normalized spacial score (nSPS) is 10.4. The van der Waals surface area contributed by atoms with Crippen LogP contribution < -0.4 is 4.74 Å². The van der Waals surface area contributed by atoms with Gasteiger partial charge < -0.3 is 4.74 Å². The second-order valence-electron chi connectivity index (χ2n) is 2.39. The van der Waals surface area contributed by atoms with Crippen LogP contribution in [0.3, 0.4) is 0 Å². The van der Waals surface area contributed by atoms with Gasteiger partial charge in [-0.25, -0.2) is 4.98 Å². The fourth-order valence-electron chi connectivity index (χ4n) is 0.631. The third-order valence-corrected chi connectivity index (χ3v) is 2.51. The van der Waals surface area contributed by atoms with Gasteiger partial charge in [0.05, 0.1) is 7.11 Å². The molecule has 10 heavy (non-hydrogen) atoms. The van der Waals surface area contributed by atoms with E-state index in [0.29, 0.717) is 5.92 Å². The molecule has 0 spiro atoms. The maximum atomic E-state index is 4.95. The van der Waals surface area contributed by atoms with Gasteiger partial charge in [-0.2, -0.15) is 0 Å². The molecule has 1 aromatic rings. The fraction of sp³-hybridized carbons (Fsp3) is 0.571. The van der Waals surface area contributed by atoms with Crippen LogP contribution in [-0.4, -0.2) is 12.1 Å². The van der Waals surface area contributed by atoms with Crippen molar-refractivity contribution in [3.63, 3.8) is 0 Å². The van der Waals surface area contributed by atoms with Crippen LogP contribution in [0.4, 0.5) is 0 Å². The second kappa shape index (κ2) is 3.01. The van der Waals surface area contributed by atoms with E-state index in [1.807, 2.05) is 6.20 Å². The van der Waals surface area contributed by atoms with E-state index in [9.17, 15) is 0 Å². The number of rotatable bonds is 2. The van der Waals surface area contributed by atoms with Crippen LogP contribution in [-0.2, 0) is 0 Å². The lowest BCUT2D eigenvalue weighted by Crippen LogP contribution is -1.77. The molecule has 0 saturated heterocycles. The zero-order valence-electron chi connectivity index (χ0n) is 6.42. The van der Waals surface area contributed by atoms with Crippen molar-refractivity contribution >= 4 is 11.3 Å². The van der Waals surface area contributed by atoms with Crippen molar-refractivity contribution in [2.75, 3.05) is 7.11 Å². The van der Waals surface area contributed by atoms with Gasteiger partial charge >= 0.3 is 0 Å². The van der Waals surface area contributed by atoms with Crippen molar-refractivity contribution in [3.05, 3.63) is 11.1 Å². The van der Waals surface area contributed by atoms with Gasteiger partial charge in [0.1, 0.15) is 0 Å². The van der Waals surface area contributed by atoms with E-state index in [1.165, 1.54) is 4.88 Å². The van der Waals surface area contributed by atoms with E-state index in [0.717, 1.165) is 5.19 Å². The third kappa shape index (κ3) is 1.48. The molecule has 0 bridgehead atoms. The average molecular weight is 157 g/mol. The summed E-state index contributed by atoms with van der Waals surface area (Å²) < 4.78 is 4.95. The van der Waals surface area contributed by atoms with E-state index in [1.54, 1.807) is 18.4 Å². The van der Waals surface area contributed by atoms with Gasteiger partial charge in [0.2, 0.25) is 0 Å². The molecule has 1 rings (SSSR count). The highest BCUT2D eigenvalue weighted by atomic mass is 32.1. The number of hydrogen-bond donors (Lipinski definition) is 0. The zero-order valence-corrected chi connectivity index (χ0v) is 7.23. The smallest absolute Gasteiger partial charge is 0.273 e. The van der Waals surface area contributed by atoms with Crippen molar-refractivity contribution in [1.29, 1.82) is 0 Å². The molecule has 0 aliphatic rings. The van der Waals surface area contributed by atoms with Crippen LogP contribution in [0, 0.1) is 0 Å². The number of hydrogen-bond acceptors (Lipinski definition) is 3. The minimum atomic E-state index is 0.557. The Balaban J connectivity index is 2.78. The van der Waals surface area contributed by atoms with Gasteiger partial charge in [-0.15, -0.1) is 0 Å². The van der Waals surface area contributed by atoms with Crippen LogP contribution in [0.15, 0.2) is 6.20 Å². The molecular weight excluding hydrogens is 146 g/mol. The molecule has 0 aliphatic heterocycles. The van der Waals surface area contributed by atoms with E-state index < -0.39 is 0 Å². The highest BCUT2D eigenvalue weighted by Crippen LogP contribution is 2.26. The molecule has 0 aliphatic carbocycles. The van der Waals surface area contributed by atoms with Crippen LogP contribution in [0.5, 0.6) is 5.19 Å². The topological polar surface area (TPSA) is 22.1 Å². The lowest BCUT2D eigenvalue weighted by atomic mass is 10.2. The summed E-state index contributed by atoms with van der Waals surface area (Å²) in [5, 5.41) is 0.753. The summed E-state index contributed by atoms with van der Waals surface area (Å²) >= 11 is 1.61. The largest absolute Gasteiger partial charge is 0.473 e. The summed E-state index contributed by atoms with van der Waals surface area (Å²) in [6.45, 7) is 4.29. The maximum Gasteiger partial charge on any atom is 0.273 e. The molecule has 0 aromatic carbocycles. The second-order valence-corrected chi connectivity index (χ2v) is 3.41. The Hall–Kier alpha value is -0.570. The molecule has 0 unspecified atom stereocenters. The van der Waals surface area contributed by atoms with Gasteiger partial charge in [0, 0.05) is 11.1 Å². The first-order valence-corrected chi connectivity index (χ1v) is 4.05. The van der Waals surface area contributed by atoms with Crippen LogP contribution in [0.1, 0.15) is 24.6 Å². The molecule has 1 heterocycles. The highest BCUT2D eigenvalue weighted by Gasteiger charge is 2.03. The summed E-state index contributed by atoms with van der Waals surface area (Å²) in [6, 6.07) is 0. The Morgan fingerprint density at radius 1 is 1.60 bits per heavy atom. The minimum Gasteiger partial charge on any atom is -0.473 e. The summed E-state index contributed by atoms with van der Waals surface area (Å²) in [4.78, 5) is 5.33. The first-order valence-electron chi connectivity index (χ1n) is 3.23. The predicted octanol–water partition coefficient (Wildman–Crippen LogP) is 2.28. The van der Waals surface area contributed by atoms with Crippen molar-refractivity contribution in [3.8, 4) is 5.19 Å². The van der Waals surface area contributed by atoms with E-state index in [2.05, 4.69) is 18.8 Å². The molecule has 3 heteroatoms. The van der Waals surface area contributed by atoms with Crippen molar-refractivity contribution in [2.24, 2.45) is 0 Å². The molecular formula is C7H11NOS. The van der Waals surface area contributed by atoms with Gasteiger partial charge in [0.25, 0.3) is 5.19 Å². The molecule has 0 amide bonds. The van der Waals surface area contributed by atoms with Crippen molar-refractivity contribution in [1.82, 2.24) is 4.98 Å². The Morgan fingerprint density at radius 3 is 2.60 bits per heavy atom. The molecule has 0 radical (unpaired) electrons. The Labute approximate surface area is 64.9 Å². The molecule has 56 valence electrons. The molecule has 0 atom stereocenters. The Kier molecular flexibility index (Phi) is 2.27. The first kappa shape index (κ1) is 7.54. The number of thiazole rings is 1. The third-order valence-electron chi connectivity index (χ3n) is 1.25. The summed E-state index contributed by atoms with van der Waals surface area (Å²) in [7, 11) is 1.64.